The van der Waals surface area contributed by atoms with E-state index in [0.29, 0.717) is 32.5 Å². The number of imidazole rings is 1. The minimum atomic E-state index is -0.494. The fourth-order valence-corrected chi connectivity index (χ4v) is 4.06. The summed E-state index contributed by atoms with van der Waals surface area (Å²) in [6.07, 6.45) is 3.21. The molecule has 1 N–H and O–H groups in total. The molecule has 1 aliphatic heterocycles. The van der Waals surface area contributed by atoms with Crippen LogP contribution in [0.3, 0.4) is 0 Å². The maximum absolute atomic E-state index is 12.8. The fourth-order valence-electron chi connectivity index (χ4n) is 4.06. The summed E-state index contributed by atoms with van der Waals surface area (Å²) >= 11 is 0. The molecule has 0 unspecified atom stereocenters. The van der Waals surface area contributed by atoms with E-state index in [9.17, 15) is 9.90 Å². The molecule has 146 valence electrons. The number of aliphatic hydroxyl groups excluding tert-OH is 1. The van der Waals surface area contributed by atoms with Gasteiger partial charge in [0.05, 0.1) is 17.1 Å². The van der Waals surface area contributed by atoms with E-state index in [0.717, 1.165) is 29.0 Å². The lowest BCUT2D eigenvalue weighted by atomic mass is 10.00. The summed E-state index contributed by atoms with van der Waals surface area (Å²) < 4.78 is 2.14. The van der Waals surface area contributed by atoms with Crippen LogP contribution in [0.2, 0.25) is 0 Å². The zero-order valence-electron chi connectivity index (χ0n) is 16.2. The van der Waals surface area contributed by atoms with Crippen LogP contribution in [0.5, 0.6) is 0 Å². The first-order valence-corrected chi connectivity index (χ1v) is 9.95. The summed E-state index contributed by atoms with van der Waals surface area (Å²) in [6, 6.07) is 13.8. The number of hydrogen-bond donors (Lipinski definition) is 1. The molecular weight excluding hydrogens is 352 g/mol. The van der Waals surface area contributed by atoms with Gasteiger partial charge in [-0.05, 0) is 30.7 Å². The number of fused-ring (bicyclic) bond motifs is 1. The maximum atomic E-state index is 12.8. The Morgan fingerprint density at radius 2 is 2.00 bits per heavy atom. The van der Waals surface area contributed by atoms with E-state index in [4.69, 9.17) is 0 Å². The van der Waals surface area contributed by atoms with Gasteiger partial charge in [-0.3, -0.25) is 9.78 Å². The Balaban J connectivity index is 1.40. The van der Waals surface area contributed by atoms with E-state index in [1.54, 1.807) is 11.1 Å². The number of benzene rings is 1. The van der Waals surface area contributed by atoms with Crippen LogP contribution in [-0.2, 0) is 24.2 Å². The number of rotatable bonds is 6. The van der Waals surface area contributed by atoms with Gasteiger partial charge in [-0.15, -0.1) is 0 Å². The Hall–Kier alpha value is -2.73. The van der Waals surface area contributed by atoms with Crippen molar-refractivity contribution in [2.24, 2.45) is 5.92 Å². The third-order valence-electron chi connectivity index (χ3n) is 5.56. The van der Waals surface area contributed by atoms with E-state index in [1.807, 2.05) is 36.4 Å². The summed E-state index contributed by atoms with van der Waals surface area (Å²) in [5.74, 6) is 1.13. The van der Waals surface area contributed by atoms with Crippen molar-refractivity contribution >= 4 is 16.9 Å². The summed E-state index contributed by atoms with van der Waals surface area (Å²) in [4.78, 5) is 23.6. The van der Waals surface area contributed by atoms with Gasteiger partial charge in [-0.1, -0.05) is 25.1 Å². The van der Waals surface area contributed by atoms with Crippen molar-refractivity contribution in [2.45, 2.75) is 38.8 Å². The zero-order valence-corrected chi connectivity index (χ0v) is 16.2. The Bertz CT molecular complexity index is 954. The molecule has 3 heterocycles. The molecule has 0 radical (unpaired) electrons. The number of aryl methyl sites for hydroxylation is 2. The van der Waals surface area contributed by atoms with Crippen LogP contribution >= 0.6 is 0 Å². The van der Waals surface area contributed by atoms with Crippen molar-refractivity contribution in [3.8, 4) is 0 Å². The first-order chi connectivity index (χ1) is 13.7. The molecule has 1 fully saturated rings. The Labute approximate surface area is 164 Å². The quantitative estimate of drug-likeness (QED) is 0.715. The summed E-state index contributed by atoms with van der Waals surface area (Å²) in [5.41, 5.74) is 3.00. The van der Waals surface area contributed by atoms with Crippen LogP contribution in [0, 0.1) is 5.92 Å². The smallest absolute Gasteiger partial charge is 0.224 e. The second-order valence-electron chi connectivity index (χ2n) is 7.42. The summed E-state index contributed by atoms with van der Waals surface area (Å²) in [5, 5.41) is 10.4. The number of nitrogens with zero attached hydrogens (tertiary/aromatic N) is 4. The Morgan fingerprint density at radius 3 is 2.79 bits per heavy atom. The molecule has 6 heteroatoms. The molecule has 0 saturated carbocycles. The van der Waals surface area contributed by atoms with Gasteiger partial charge in [0.15, 0.2) is 0 Å². The van der Waals surface area contributed by atoms with Crippen LogP contribution in [0.15, 0.2) is 48.7 Å². The number of likely N-dealkylation sites (tertiary alicyclic amines) is 1. The first kappa shape index (κ1) is 18.6. The summed E-state index contributed by atoms with van der Waals surface area (Å²) in [7, 11) is 0. The van der Waals surface area contributed by atoms with Gasteiger partial charge in [0.1, 0.15) is 5.82 Å². The topological polar surface area (TPSA) is 71.2 Å². The summed E-state index contributed by atoms with van der Waals surface area (Å²) in [6.45, 7) is 3.68. The van der Waals surface area contributed by atoms with Gasteiger partial charge in [0, 0.05) is 50.3 Å². The number of aliphatic hydroxyl groups is 1. The van der Waals surface area contributed by atoms with Crippen molar-refractivity contribution in [3.63, 3.8) is 0 Å². The first-order valence-electron chi connectivity index (χ1n) is 9.95. The molecule has 4 rings (SSSR count). The highest BCUT2D eigenvalue weighted by Crippen LogP contribution is 2.22. The molecule has 1 amide bonds. The van der Waals surface area contributed by atoms with E-state index in [1.165, 1.54) is 0 Å². The number of carbonyl (C=O) groups is 1. The molecular formula is C22H26N4O2. The molecule has 1 aromatic carbocycles. The SMILES string of the molecule is CCc1nc2ccccc2n1CCC(=O)N1C[C@@H](Cc2ccccn2)[C@H](O)C1. The number of amides is 1. The number of para-hydroxylation sites is 2. The van der Waals surface area contributed by atoms with Crippen LogP contribution in [0.25, 0.3) is 11.0 Å². The highest BCUT2D eigenvalue weighted by Gasteiger charge is 2.34. The molecule has 0 aliphatic carbocycles. The normalized spacial score (nSPS) is 19.4. The van der Waals surface area contributed by atoms with Crippen LogP contribution in [0.1, 0.15) is 24.9 Å². The second-order valence-corrected chi connectivity index (χ2v) is 7.42. The van der Waals surface area contributed by atoms with Crippen LogP contribution < -0.4 is 0 Å². The molecule has 3 aromatic rings. The molecule has 1 saturated heterocycles. The van der Waals surface area contributed by atoms with E-state index >= 15 is 0 Å². The lowest BCUT2D eigenvalue weighted by Gasteiger charge is -2.17. The molecule has 6 nitrogen and oxygen atoms in total. The van der Waals surface area contributed by atoms with Crippen LogP contribution in [0.4, 0.5) is 0 Å². The fraction of sp³-hybridized carbons (Fsp3) is 0.409. The maximum Gasteiger partial charge on any atom is 0.224 e. The molecule has 0 spiro atoms. The number of carbonyl (C=O) groups excluding carboxylic acids is 1. The van der Waals surface area contributed by atoms with Gasteiger partial charge in [-0.2, -0.15) is 0 Å². The number of pyridine rings is 1. The average Bonchev–Trinajstić information content (AvgIpc) is 3.27. The number of β-amino-alcohol motifs (C(OH)–C–C–N with tert-alkyl or cyclic N) is 1. The number of hydrogen-bond acceptors (Lipinski definition) is 4. The van der Waals surface area contributed by atoms with Gasteiger partial charge in [-0.25, -0.2) is 4.98 Å². The monoisotopic (exact) mass is 378 g/mol. The Morgan fingerprint density at radius 1 is 1.18 bits per heavy atom. The zero-order chi connectivity index (χ0) is 19.5. The van der Waals surface area contributed by atoms with Gasteiger partial charge in [0.2, 0.25) is 5.91 Å². The average molecular weight is 378 g/mol. The van der Waals surface area contributed by atoms with Gasteiger partial charge >= 0.3 is 0 Å². The van der Waals surface area contributed by atoms with Gasteiger partial charge in [0.25, 0.3) is 0 Å². The molecule has 2 atom stereocenters. The van der Waals surface area contributed by atoms with Gasteiger partial charge < -0.3 is 14.6 Å². The third-order valence-corrected chi connectivity index (χ3v) is 5.56. The van der Waals surface area contributed by atoms with Crippen LogP contribution in [-0.4, -0.2) is 49.6 Å². The molecule has 2 aromatic heterocycles. The van der Waals surface area contributed by atoms with E-state index in [-0.39, 0.29) is 11.8 Å². The predicted octanol–water partition coefficient (Wildman–Crippen LogP) is 2.45. The minimum absolute atomic E-state index is 0.0409. The van der Waals surface area contributed by atoms with Crippen molar-refractivity contribution in [2.75, 3.05) is 13.1 Å². The highest BCUT2D eigenvalue weighted by atomic mass is 16.3. The molecule has 1 aliphatic rings. The largest absolute Gasteiger partial charge is 0.391 e. The molecule has 0 bridgehead atoms. The van der Waals surface area contributed by atoms with Crippen molar-refractivity contribution in [3.05, 3.63) is 60.2 Å². The van der Waals surface area contributed by atoms with Crippen molar-refractivity contribution in [1.29, 1.82) is 0 Å². The van der Waals surface area contributed by atoms with Crippen molar-refractivity contribution in [1.82, 2.24) is 19.4 Å². The standard InChI is InChI=1S/C22H26N4O2/c1-2-21-24-18-8-3-4-9-19(18)26(21)12-10-22(28)25-14-16(20(27)15-25)13-17-7-5-6-11-23-17/h3-9,11,16,20,27H,2,10,12-15H2,1H3/t16-,20-/m1/s1. The second kappa shape index (κ2) is 8.10. The van der Waals surface area contributed by atoms with E-state index < -0.39 is 6.10 Å². The third kappa shape index (κ3) is 3.78. The predicted molar refractivity (Wildman–Crippen MR) is 108 cm³/mol. The van der Waals surface area contributed by atoms with E-state index in [2.05, 4.69) is 27.5 Å². The lowest BCUT2D eigenvalue weighted by Crippen LogP contribution is -2.30. The number of aromatic nitrogens is 3. The lowest BCUT2D eigenvalue weighted by molar-refractivity contribution is -0.130. The highest BCUT2D eigenvalue weighted by molar-refractivity contribution is 5.78. The van der Waals surface area contributed by atoms with Crippen molar-refractivity contribution < 1.29 is 9.90 Å². The minimum Gasteiger partial charge on any atom is -0.391 e. The Kier molecular flexibility index (Phi) is 5.39. The molecule has 28 heavy (non-hydrogen) atoms.